The lowest BCUT2D eigenvalue weighted by Crippen LogP contribution is -2.26. The first-order chi connectivity index (χ1) is 12.7. The minimum absolute atomic E-state index is 0.124. The quantitative estimate of drug-likeness (QED) is 0.526. The summed E-state index contributed by atoms with van der Waals surface area (Å²) in [6, 6.07) is 25.9. The van der Waals surface area contributed by atoms with Crippen molar-refractivity contribution in [3.63, 3.8) is 0 Å². The Kier molecular flexibility index (Phi) is 4.28. The topological polar surface area (TPSA) is 42.2 Å². The van der Waals surface area contributed by atoms with E-state index in [1.807, 2.05) is 61.5 Å². The molecular weight excluding hydrogens is 322 g/mol. The van der Waals surface area contributed by atoms with Crippen LogP contribution in [0.5, 0.6) is 0 Å². The van der Waals surface area contributed by atoms with Crippen molar-refractivity contribution in [1.82, 2.24) is 5.32 Å². The lowest BCUT2D eigenvalue weighted by molar-refractivity contribution is 0.0913. The van der Waals surface area contributed by atoms with Crippen LogP contribution in [-0.4, -0.2) is 5.91 Å². The van der Waals surface area contributed by atoms with E-state index in [1.54, 1.807) is 6.26 Å². The number of fused-ring (bicyclic) bond motifs is 1. The molecule has 0 spiro atoms. The number of amides is 1. The molecule has 4 rings (SSSR count). The molecule has 3 aromatic carbocycles. The molecule has 1 heterocycles. The maximum atomic E-state index is 12.7. The van der Waals surface area contributed by atoms with E-state index in [-0.39, 0.29) is 11.9 Å². The van der Waals surface area contributed by atoms with Crippen molar-refractivity contribution >= 4 is 16.7 Å². The highest BCUT2D eigenvalue weighted by molar-refractivity contribution is 5.98. The van der Waals surface area contributed by atoms with Gasteiger partial charge in [-0.05, 0) is 41.0 Å². The summed E-state index contributed by atoms with van der Waals surface area (Å²) in [5, 5.41) is 5.39. The number of hydrogen-bond acceptors (Lipinski definition) is 2. The zero-order valence-corrected chi connectivity index (χ0v) is 14.5. The molecule has 1 N–H and O–H groups in total. The molecule has 26 heavy (non-hydrogen) atoms. The summed E-state index contributed by atoms with van der Waals surface area (Å²) < 4.78 is 5.48. The largest absolute Gasteiger partial charge is 0.459 e. The molecule has 0 aliphatic carbocycles. The van der Waals surface area contributed by atoms with Gasteiger partial charge < -0.3 is 9.73 Å². The summed E-state index contributed by atoms with van der Waals surface area (Å²) in [4.78, 5) is 12.7. The Balaban J connectivity index is 1.57. The number of carbonyl (C=O) groups is 1. The number of nitrogens with one attached hydrogen (secondary N) is 1. The summed E-state index contributed by atoms with van der Waals surface area (Å²) in [5.41, 5.74) is 2.82. The second kappa shape index (κ2) is 6.89. The van der Waals surface area contributed by atoms with Crippen molar-refractivity contribution in [3.05, 3.63) is 96.4 Å². The van der Waals surface area contributed by atoms with Gasteiger partial charge in [-0.1, -0.05) is 66.7 Å². The zero-order valence-electron chi connectivity index (χ0n) is 14.5. The smallest absolute Gasteiger partial charge is 0.288 e. The summed E-state index contributed by atoms with van der Waals surface area (Å²) in [6.07, 6.45) is 1.55. The average Bonchev–Trinajstić information content (AvgIpc) is 3.18. The van der Waals surface area contributed by atoms with E-state index in [4.69, 9.17) is 4.42 Å². The third-order valence-electron chi connectivity index (χ3n) is 4.58. The van der Waals surface area contributed by atoms with Crippen LogP contribution in [0.15, 0.2) is 89.5 Å². The van der Waals surface area contributed by atoms with Crippen molar-refractivity contribution in [3.8, 4) is 11.1 Å². The zero-order chi connectivity index (χ0) is 17.9. The Morgan fingerprint density at radius 1 is 0.885 bits per heavy atom. The van der Waals surface area contributed by atoms with Crippen molar-refractivity contribution in [2.75, 3.05) is 0 Å². The van der Waals surface area contributed by atoms with Gasteiger partial charge in [-0.25, -0.2) is 0 Å². The first kappa shape index (κ1) is 16.2. The fraction of sp³-hybridized carbons (Fsp3) is 0.0870. The molecule has 0 saturated carbocycles. The molecule has 3 heteroatoms. The van der Waals surface area contributed by atoms with Crippen LogP contribution in [0, 0.1) is 0 Å². The third kappa shape index (κ3) is 3.11. The molecule has 0 fully saturated rings. The maximum absolute atomic E-state index is 12.7. The number of hydrogen-bond donors (Lipinski definition) is 1. The molecule has 0 saturated heterocycles. The van der Waals surface area contributed by atoms with E-state index >= 15 is 0 Å². The van der Waals surface area contributed by atoms with Gasteiger partial charge in [0.1, 0.15) is 0 Å². The van der Waals surface area contributed by atoms with Crippen LogP contribution in [0.2, 0.25) is 0 Å². The molecule has 3 nitrogen and oxygen atoms in total. The van der Waals surface area contributed by atoms with Gasteiger partial charge in [0.15, 0.2) is 5.76 Å². The predicted octanol–water partition coefficient (Wildman–Crippen LogP) is 5.59. The van der Waals surface area contributed by atoms with Gasteiger partial charge in [0, 0.05) is 5.56 Å². The van der Waals surface area contributed by atoms with Gasteiger partial charge in [0.2, 0.25) is 0 Å². The summed E-state index contributed by atoms with van der Waals surface area (Å²) >= 11 is 0. The predicted molar refractivity (Wildman–Crippen MR) is 104 cm³/mol. The highest BCUT2D eigenvalue weighted by atomic mass is 16.3. The highest BCUT2D eigenvalue weighted by Gasteiger charge is 2.19. The maximum Gasteiger partial charge on any atom is 0.288 e. The van der Waals surface area contributed by atoms with Crippen molar-refractivity contribution in [1.29, 1.82) is 0 Å². The molecule has 1 aromatic heterocycles. The third-order valence-corrected chi connectivity index (χ3v) is 4.58. The number of carbonyl (C=O) groups excluding carboxylic acids is 1. The second-order valence-corrected chi connectivity index (χ2v) is 6.33. The average molecular weight is 341 g/mol. The van der Waals surface area contributed by atoms with Crippen molar-refractivity contribution in [2.45, 2.75) is 13.0 Å². The van der Waals surface area contributed by atoms with E-state index in [0.29, 0.717) is 5.76 Å². The van der Waals surface area contributed by atoms with E-state index < -0.39 is 0 Å². The Morgan fingerprint density at radius 2 is 1.62 bits per heavy atom. The molecule has 128 valence electrons. The standard InChI is InChI=1S/C23H19NO2/c1-16(19-12-11-17-7-5-6-10-20(17)15-19)24-23(25)22-21(13-14-26-22)18-8-3-2-4-9-18/h2-16H,1H3,(H,24,25)/t16-/m1/s1. The second-order valence-electron chi connectivity index (χ2n) is 6.33. The van der Waals surface area contributed by atoms with Gasteiger partial charge in [0.25, 0.3) is 5.91 Å². The van der Waals surface area contributed by atoms with E-state index in [9.17, 15) is 4.79 Å². The van der Waals surface area contributed by atoms with Crippen LogP contribution in [-0.2, 0) is 0 Å². The van der Waals surface area contributed by atoms with Crippen LogP contribution >= 0.6 is 0 Å². The first-order valence-corrected chi connectivity index (χ1v) is 8.65. The molecular formula is C23H19NO2. The highest BCUT2D eigenvalue weighted by Crippen LogP contribution is 2.26. The summed E-state index contributed by atoms with van der Waals surface area (Å²) in [6.45, 7) is 1.98. The molecule has 0 radical (unpaired) electrons. The fourth-order valence-corrected chi connectivity index (χ4v) is 3.15. The normalized spacial score (nSPS) is 12.0. The summed E-state index contributed by atoms with van der Waals surface area (Å²) in [5.74, 6) is 0.123. The van der Waals surface area contributed by atoms with Crippen LogP contribution in [0.3, 0.4) is 0 Å². The molecule has 0 aliphatic rings. The Morgan fingerprint density at radius 3 is 2.42 bits per heavy atom. The lowest BCUT2D eigenvalue weighted by Gasteiger charge is -2.15. The van der Waals surface area contributed by atoms with Crippen LogP contribution in [0.25, 0.3) is 21.9 Å². The monoisotopic (exact) mass is 341 g/mol. The molecule has 0 aliphatic heterocycles. The molecule has 1 atom stereocenters. The van der Waals surface area contributed by atoms with E-state index in [1.165, 1.54) is 5.39 Å². The van der Waals surface area contributed by atoms with E-state index in [0.717, 1.165) is 22.1 Å². The minimum Gasteiger partial charge on any atom is -0.459 e. The van der Waals surface area contributed by atoms with E-state index in [2.05, 4.69) is 29.6 Å². The van der Waals surface area contributed by atoms with Crippen molar-refractivity contribution < 1.29 is 9.21 Å². The Bertz CT molecular complexity index is 1050. The number of furan rings is 1. The Labute approximate surface area is 152 Å². The molecule has 1 amide bonds. The fourth-order valence-electron chi connectivity index (χ4n) is 3.15. The van der Waals surface area contributed by atoms with Crippen LogP contribution in [0.4, 0.5) is 0 Å². The van der Waals surface area contributed by atoms with Crippen LogP contribution in [0.1, 0.15) is 29.1 Å². The van der Waals surface area contributed by atoms with Gasteiger partial charge in [-0.3, -0.25) is 4.79 Å². The Hall–Kier alpha value is -3.33. The summed E-state index contributed by atoms with van der Waals surface area (Å²) in [7, 11) is 0. The van der Waals surface area contributed by atoms with Gasteiger partial charge in [0.05, 0.1) is 12.3 Å². The number of benzene rings is 3. The molecule has 0 bridgehead atoms. The number of rotatable bonds is 4. The lowest BCUT2D eigenvalue weighted by atomic mass is 10.0. The van der Waals surface area contributed by atoms with Gasteiger partial charge in [-0.2, -0.15) is 0 Å². The van der Waals surface area contributed by atoms with Crippen molar-refractivity contribution in [2.24, 2.45) is 0 Å². The molecule has 4 aromatic rings. The molecule has 0 unspecified atom stereocenters. The van der Waals surface area contributed by atoms with Gasteiger partial charge >= 0.3 is 0 Å². The van der Waals surface area contributed by atoms with Crippen LogP contribution < -0.4 is 5.32 Å². The first-order valence-electron chi connectivity index (χ1n) is 8.65. The van der Waals surface area contributed by atoms with Gasteiger partial charge in [-0.15, -0.1) is 0 Å². The minimum atomic E-state index is -0.213. The SMILES string of the molecule is C[C@@H](NC(=O)c1occc1-c1ccccc1)c1ccc2ccccc2c1.